The minimum absolute atomic E-state index is 0.0359. The minimum Gasteiger partial charge on any atom is -0.494 e. The van der Waals surface area contributed by atoms with Gasteiger partial charge in [-0.3, -0.25) is 14.8 Å². The molecule has 0 aliphatic carbocycles. The zero-order chi connectivity index (χ0) is 23.1. The summed E-state index contributed by atoms with van der Waals surface area (Å²) in [4.78, 5) is 31.7. The molecular formula is C21H19ClFN5O4. The minimum atomic E-state index is -0.547. The summed E-state index contributed by atoms with van der Waals surface area (Å²) in [6.45, 7) is 0. The summed E-state index contributed by atoms with van der Waals surface area (Å²) in [5, 5.41) is 14.8. The molecular weight excluding hydrogens is 441 g/mol. The quantitative estimate of drug-likeness (QED) is 0.228. The number of ether oxygens (including phenoxy) is 1. The number of carbonyl (C=O) groups is 2. The van der Waals surface area contributed by atoms with Crippen LogP contribution in [-0.4, -0.2) is 34.1 Å². The number of benzene rings is 2. The maximum atomic E-state index is 13.4. The van der Waals surface area contributed by atoms with Gasteiger partial charge in [-0.15, -0.1) is 0 Å². The molecule has 3 rings (SSSR count). The number of hydrogen-bond acceptors (Lipinski definition) is 7. The second-order valence-electron chi connectivity index (χ2n) is 6.51. The standard InChI is InChI=1S/C21H19ClFN5O4/c1-32-18-10-16-13(9-17(18)27-19(29)4-2-3-5-20(30)28-31)21(25-11-24-16)26-12-6-7-15(23)14(22)8-12/h2,4,6-11,31H,3,5H2,1H3,(H,27,29)(H,28,30)(H,24,25,26)/b4-2+. The summed E-state index contributed by atoms with van der Waals surface area (Å²) in [5.41, 5.74) is 2.97. The lowest BCUT2D eigenvalue weighted by atomic mass is 10.1. The fourth-order valence-corrected chi connectivity index (χ4v) is 2.98. The molecule has 3 aromatic rings. The van der Waals surface area contributed by atoms with Crippen molar-refractivity contribution in [3.63, 3.8) is 0 Å². The molecule has 4 N–H and O–H groups in total. The zero-order valence-corrected chi connectivity index (χ0v) is 17.6. The lowest BCUT2D eigenvalue weighted by molar-refractivity contribution is -0.129. The first kappa shape index (κ1) is 22.9. The highest BCUT2D eigenvalue weighted by atomic mass is 35.5. The molecule has 0 spiro atoms. The van der Waals surface area contributed by atoms with E-state index in [1.807, 2.05) is 0 Å². The van der Waals surface area contributed by atoms with Gasteiger partial charge in [-0.2, -0.15) is 0 Å². The van der Waals surface area contributed by atoms with Gasteiger partial charge in [0.05, 0.1) is 23.3 Å². The second kappa shape index (κ2) is 10.5. The molecule has 0 saturated heterocycles. The number of allylic oxidation sites excluding steroid dienone is 1. The number of carbonyl (C=O) groups excluding carboxylic acids is 2. The normalized spacial score (nSPS) is 10.9. The van der Waals surface area contributed by atoms with Crippen LogP contribution in [0.25, 0.3) is 10.9 Å². The number of rotatable bonds is 8. The number of amides is 2. The van der Waals surface area contributed by atoms with Gasteiger partial charge in [-0.05, 0) is 36.8 Å². The van der Waals surface area contributed by atoms with Crippen molar-refractivity contribution in [1.29, 1.82) is 0 Å². The van der Waals surface area contributed by atoms with Crippen LogP contribution >= 0.6 is 11.6 Å². The Morgan fingerprint density at radius 2 is 2.06 bits per heavy atom. The first-order chi connectivity index (χ1) is 15.4. The van der Waals surface area contributed by atoms with E-state index < -0.39 is 17.6 Å². The average Bonchev–Trinajstić information content (AvgIpc) is 2.79. The van der Waals surface area contributed by atoms with Gasteiger partial charge in [0.15, 0.2) is 0 Å². The molecule has 0 saturated carbocycles. The third-order valence-corrected chi connectivity index (χ3v) is 4.62. The lowest BCUT2D eigenvalue weighted by Gasteiger charge is -2.13. The van der Waals surface area contributed by atoms with Gasteiger partial charge in [-0.25, -0.2) is 19.8 Å². The number of halogens is 2. The van der Waals surface area contributed by atoms with Crippen molar-refractivity contribution in [3.8, 4) is 5.75 Å². The molecule has 0 unspecified atom stereocenters. The largest absolute Gasteiger partial charge is 0.494 e. The van der Waals surface area contributed by atoms with Crippen molar-refractivity contribution in [2.24, 2.45) is 0 Å². The van der Waals surface area contributed by atoms with E-state index in [9.17, 15) is 14.0 Å². The summed E-state index contributed by atoms with van der Waals surface area (Å²) in [5.74, 6) is -0.725. The molecule has 1 aromatic heterocycles. The number of anilines is 3. The van der Waals surface area contributed by atoms with Crippen molar-refractivity contribution < 1.29 is 23.9 Å². The van der Waals surface area contributed by atoms with E-state index in [1.165, 1.54) is 49.3 Å². The summed E-state index contributed by atoms with van der Waals surface area (Å²) < 4.78 is 18.8. The maximum absolute atomic E-state index is 13.4. The van der Waals surface area contributed by atoms with Crippen LogP contribution in [0.3, 0.4) is 0 Å². The summed E-state index contributed by atoms with van der Waals surface area (Å²) in [6.07, 6.45) is 4.46. The Labute approximate surface area is 187 Å². The number of aromatic nitrogens is 2. The number of methoxy groups -OCH3 is 1. The van der Waals surface area contributed by atoms with E-state index >= 15 is 0 Å². The first-order valence-electron chi connectivity index (χ1n) is 9.36. The fraction of sp³-hybridized carbons (Fsp3) is 0.143. The molecule has 11 heteroatoms. The molecule has 0 aliphatic heterocycles. The third-order valence-electron chi connectivity index (χ3n) is 4.33. The summed E-state index contributed by atoms with van der Waals surface area (Å²) in [7, 11) is 1.46. The Balaban J connectivity index is 1.85. The average molecular weight is 460 g/mol. The highest BCUT2D eigenvalue weighted by molar-refractivity contribution is 6.31. The van der Waals surface area contributed by atoms with E-state index in [0.717, 1.165) is 0 Å². The smallest absolute Gasteiger partial charge is 0.248 e. The van der Waals surface area contributed by atoms with E-state index in [2.05, 4.69) is 20.6 Å². The van der Waals surface area contributed by atoms with Crippen LogP contribution in [-0.2, 0) is 9.59 Å². The van der Waals surface area contributed by atoms with Crippen molar-refractivity contribution in [3.05, 3.63) is 59.7 Å². The number of hydroxylamine groups is 1. The predicted molar refractivity (Wildman–Crippen MR) is 118 cm³/mol. The molecule has 166 valence electrons. The topological polar surface area (TPSA) is 125 Å². The molecule has 2 amide bonds. The van der Waals surface area contributed by atoms with Gasteiger partial charge in [0.25, 0.3) is 0 Å². The van der Waals surface area contributed by atoms with Crippen molar-refractivity contribution >= 4 is 51.5 Å². The summed E-state index contributed by atoms with van der Waals surface area (Å²) >= 11 is 5.85. The number of nitrogens with zero attached hydrogens (tertiary/aromatic N) is 2. The van der Waals surface area contributed by atoms with Crippen LogP contribution < -0.4 is 20.9 Å². The monoisotopic (exact) mass is 459 g/mol. The number of fused-ring (bicyclic) bond motifs is 1. The van der Waals surface area contributed by atoms with Gasteiger partial charge in [0.1, 0.15) is 23.7 Å². The number of nitrogens with one attached hydrogen (secondary N) is 3. The van der Waals surface area contributed by atoms with Crippen molar-refractivity contribution in [2.45, 2.75) is 12.8 Å². The van der Waals surface area contributed by atoms with E-state index in [-0.39, 0.29) is 17.9 Å². The van der Waals surface area contributed by atoms with Crippen LogP contribution in [0.4, 0.5) is 21.6 Å². The first-order valence-corrected chi connectivity index (χ1v) is 9.74. The molecule has 32 heavy (non-hydrogen) atoms. The molecule has 0 atom stereocenters. The zero-order valence-electron chi connectivity index (χ0n) is 16.9. The Morgan fingerprint density at radius 3 is 2.78 bits per heavy atom. The van der Waals surface area contributed by atoms with E-state index in [4.69, 9.17) is 21.5 Å². The fourth-order valence-electron chi connectivity index (χ4n) is 2.80. The van der Waals surface area contributed by atoms with Crippen LogP contribution in [0.15, 0.2) is 48.8 Å². The molecule has 2 aromatic carbocycles. The molecule has 1 heterocycles. The predicted octanol–water partition coefficient (Wildman–Crippen LogP) is 3.95. The molecule has 0 radical (unpaired) electrons. The Morgan fingerprint density at radius 1 is 1.25 bits per heavy atom. The van der Waals surface area contributed by atoms with E-state index in [0.29, 0.717) is 33.8 Å². The van der Waals surface area contributed by atoms with E-state index in [1.54, 1.807) is 12.1 Å². The van der Waals surface area contributed by atoms with Gasteiger partial charge >= 0.3 is 0 Å². The van der Waals surface area contributed by atoms with Gasteiger partial charge in [-0.1, -0.05) is 17.7 Å². The van der Waals surface area contributed by atoms with Gasteiger partial charge in [0, 0.05) is 23.6 Å². The molecule has 9 nitrogen and oxygen atoms in total. The third kappa shape index (κ3) is 5.68. The Hall–Kier alpha value is -3.76. The summed E-state index contributed by atoms with van der Waals surface area (Å²) in [6, 6.07) is 7.47. The highest BCUT2D eigenvalue weighted by Crippen LogP contribution is 2.33. The van der Waals surface area contributed by atoms with Crippen LogP contribution in [0.1, 0.15) is 12.8 Å². The van der Waals surface area contributed by atoms with Crippen LogP contribution in [0.5, 0.6) is 5.75 Å². The highest BCUT2D eigenvalue weighted by Gasteiger charge is 2.13. The molecule has 0 fully saturated rings. The SMILES string of the molecule is COc1cc2ncnc(Nc3ccc(F)c(Cl)c3)c2cc1NC(=O)/C=C/CCC(=O)NO. The second-order valence-corrected chi connectivity index (χ2v) is 6.92. The van der Waals surface area contributed by atoms with Gasteiger partial charge < -0.3 is 15.4 Å². The van der Waals surface area contributed by atoms with Crippen LogP contribution in [0.2, 0.25) is 5.02 Å². The Bertz CT molecular complexity index is 1190. The number of hydrogen-bond donors (Lipinski definition) is 4. The molecule has 0 bridgehead atoms. The van der Waals surface area contributed by atoms with Crippen molar-refractivity contribution in [1.82, 2.24) is 15.4 Å². The molecule has 0 aliphatic rings. The maximum Gasteiger partial charge on any atom is 0.248 e. The van der Waals surface area contributed by atoms with Crippen LogP contribution in [0, 0.1) is 5.82 Å². The Kier molecular flexibility index (Phi) is 7.53. The van der Waals surface area contributed by atoms with Crippen molar-refractivity contribution in [2.75, 3.05) is 17.7 Å². The lowest BCUT2D eigenvalue weighted by Crippen LogP contribution is -2.17. The van der Waals surface area contributed by atoms with Gasteiger partial charge in [0.2, 0.25) is 11.8 Å².